The minimum absolute atomic E-state index is 0.0211. The van der Waals surface area contributed by atoms with Gasteiger partial charge >= 0.3 is 6.03 Å². The lowest BCUT2D eigenvalue weighted by atomic mass is 9.94. The first-order chi connectivity index (χ1) is 22.4. The van der Waals surface area contributed by atoms with E-state index in [0.717, 1.165) is 16.3 Å². The molecule has 0 saturated heterocycles. The molecule has 3 rings (SSSR count). The highest BCUT2D eigenvalue weighted by Crippen LogP contribution is 2.17. The van der Waals surface area contributed by atoms with Crippen molar-refractivity contribution in [2.24, 2.45) is 17.6 Å². The summed E-state index contributed by atoms with van der Waals surface area (Å²) in [5, 5.41) is 14.8. The SMILES string of the molecule is CC[C@H](C)C(NC(=O)[C@H](CC(C)C)NC(=O)Nc1ccccc1)C(=O)C(=O)NCC(=O)N[C@@H](Cc1ccc2ccccc2c1)C(N)=O. The maximum absolute atomic E-state index is 13.4. The van der Waals surface area contributed by atoms with E-state index in [-0.39, 0.29) is 18.8 Å². The number of fused-ring (bicyclic) bond motifs is 1. The molecule has 12 nitrogen and oxygen atoms in total. The largest absolute Gasteiger partial charge is 0.368 e. The molecule has 12 heteroatoms. The molecule has 0 aliphatic carbocycles. The number of nitrogens with two attached hydrogens (primary N) is 1. The van der Waals surface area contributed by atoms with Crippen LogP contribution >= 0.6 is 0 Å². The van der Waals surface area contributed by atoms with E-state index >= 15 is 0 Å². The number of rotatable bonds is 16. The molecule has 3 aromatic rings. The summed E-state index contributed by atoms with van der Waals surface area (Å²) in [4.78, 5) is 77.0. The summed E-state index contributed by atoms with van der Waals surface area (Å²) >= 11 is 0. The standard InChI is InChI=1S/C35H44N6O6/c1-5-22(4)30(41-33(45)28(17-21(2)3)40-35(47)38-26-13-7-6-8-14-26)31(43)34(46)37-20-29(42)39-27(32(36)44)19-23-15-16-24-11-9-10-12-25(24)18-23/h6-16,18,21-22,27-28,30H,5,17,19-20H2,1-4H3,(H2,36,44)(H,37,46)(H,39,42)(H,41,45)(H2,38,40,47)/t22-,27-,28-,30?/m0/s1. The maximum Gasteiger partial charge on any atom is 0.319 e. The number of amides is 6. The van der Waals surface area contributed by atoms with Gasteiger partial charge in [-0.3, -0.25) is 24.0 Å². The van der Waals surface area contributed by atoms with Gasteiger partial charge in [0.1, 0.15) is 12.1 Å². The molecular weight excluding hydrogens is 600 g/mol. The van der Waals surface area contributed by atoms with Crippen molar-refractivity contribution >= 4 is 51.9 Å². The van der Waals surface area contributed by atoms with Crippen molar-refractivity contribution in [1.82, 2.24) is 21.3 Å². The first-order valence-corrected chi connectivity index (χ1v) is 15.7. The van der Waals surface area contributed by atoms with Crippen LogP contribution in [0.5, 0.6) is 0 Å². The molecule has 0 aromatic heterocycles. The molecule has 0 radical (unpaired) electrons. The number of primary amides is 1. The first-order valence-electron chi connectivity index (χ1n) is 15.7. The Kier molecular flexibility index (Phi) is 13.4. The van der Waals surface area contributed by atoms with Gasteiger partial charge in [-0.15, -0.1) is 0 Å². The summed E-state index contributed by atoms with van der Waals surface area (Å²) in [6, 6.07) is 18.2. The van der Waals surface area contributed by atoms with Gasteiger partial charge in [-0.2, -0.15) is 0 Å². The van der Waals surface area contributed by atoms with E-state index in [4.69, 9.17) is 5.73 Å². The van der Waals surface area contributed by atoms with E-state index in [2.05, 4.69) is 26.6 Å². The van der Waals surface area contributed by atoms with Crippen molar-refractivity contribution in [3.63, 3.8) is 0 Å². The summed E-state index contributed by atoms with van der Waals surface area (Å²) in [5.74, 6) is -4.53. The summed E-state index contributed by atoms with van der Waals surface area (Å²) in [7, 11) is 0. The number of urea groups is 1. The monoisotopic (exact) mass is 644 g/mol. The quantitative estimate of drug-likeness (QED) is 0.130. The Morgan fingerprint density at radius 2 is 1.43 bits per heavy atom. The Hall–Kier alpha value is -5.26. The average Bonchev–Trinajstić information content (AvgIpc) is 3.04. The fraction of sp³-hybridized carbons (Fsp3) is 0.371. The lowest BCUT2D eigenvalue weighted by Gasteiger charge is -2.26. The lowest BCUT2D eigenvalue weighted by Crippen LogP contribution is -2.57. The zero-order valence-electron chi connectivity index (χ0n) is 27.2. The zero-order chi connectivity index (χ0) is 34.5. The van der Waals surface area contributed by atoms with Gasteiger partial charge in [0.15, 0.2) is 0 Å². The molecule has 0 aliphatic rings. The molecule has 47 heavy (non-hydrogen) atoms. The number of carbonyl (C=O) groups is 6. The predicted molar refractivity (Wildman–Crippen MR) is 180 cm³/mol. The molecular formula is C35H44N6O6. The molecule has 3 aromatic carbocycles. The Morgan fingerprint density at radius 3 is 2.06 bits per heavy atom. The third kappa shape index (κ3) is 11.2. The van der Waals surface area contributed by atoms with Crippen molar-refractivity contribution < 1.29 is 28.8 Å². The number of nitrogens with one attached hydrogen (secondary N) is 5. The van der Waals surface area contributed by atoms with E-state index in [0.29, 0.717) is 12.1 Å². The second kappa shape index (κ2) is 17.4. The van der Waals surface area contributed by atoms with Crippen LogP contribution in [0.15, 0.2) is 72.8 Å². The van der Waals surface area contributed by atoms with E-state index in [1.54, 1.807) is 44.2 Å². The van der Waals surface area contributed by atoms with Crippen LogP contribution in [-0.4, -0.2) is 60.1 Å². The fourth-order valence-corrected chi connectivity index (χ4v) is 4.96. The summed E-state index contributed by atoms with van der Waals surface area (Å²) in [6.45, 7) is 6.69. The second-order valence-electron chi connectivity index (χ2n) is 12.0. The number of anilines is 1. The Labute approximate surface area is 274 Å². The molecule has 4 atom stereocenters. The number of hydrogen-bond acceptors (Lipinski definition) is 6. The Morgan fingerprint density at radius 1 is 0.766 bits per heavy atom. The van der Waals surface area contributed by atoms with E-state index in [1.807, 2.05) is 56.3 Å². The Bertz CT molecular complexity index is 1580. The molecule has 7 N–H and O–H groups in total. The van der Waals surface area contributed by atoms with E-state index < -0.39 is 66.0 Å². The van der Waals surface area contributed by atoms with Gasteiger partial charge in [0.2, 0.25) is 23.5 Å². The van der Waals surface area contributed by atoms with Crippen LogP contribution in [0.25, 0.3) is 10.8 Å². The molecule has 0 aliphatic heterocycles. The van der Waals surface area contributed by atoms with Gasteiger partial charge in [-0.25, -0.2) is 4.79 Å². The zero-order valence-corrected chi connectivity index (χ0v) is 27.2. The van der Waals surface area contributed by atoms with Gasteiger partial charge in [0.25, 0.3) is 5.91 Å². The van der Waals surface area contributed by atoms with Gasteiger partial charge < -0.3 is 32.3 Å². The third-order valence-electron chi connectivity index (χ3n) is 7.72. The second-order valence-corrected chi connectivity index (χ2v) is 12.0. The number of hydrogen-bond donors (Lipinski definition) is 6. The molecule has 0 saturated carbocycles. The van der Waals surface area contributed by atoms with Gasteiger partial charge in [0, 0.05) is 12.1 Å². The van der Waals surface area contributed by atoms with Crippen molar-refractivity contribution in [3.8, 4) is 0 Å². The van der Waals surface area contributed by atoms with Crippen molar-refractivity contribution in [2.45, 2.75) is 65.1 Å². The van der Waals surface area contributed by atoms with E-state index in [1.165, 1.54) is 0 Å². The fourth-order valence-electron chi connectivity index (χ4n) is 4.96. The van der Waals surface area contributed by atoms with Crippen LogP contribution in [0.1, 0.15) is 46.1 Å². The van der Waals surface area contributed by atoms with Gasteiger partial charge in [-0.05, 0) is 46.7 Å². The van der Waals surface area contributed by atoms with Crippen LogP contribution in [0, 0.1) is 11.8 Å². The van der Waals surface area contributed by atoms with Gasteiger partial charge in [0.05, 0.1) is 12.6 Å². The highest BCUT2D eigenvalue weighted by molar-refractivity contribution is 6.38. The summed E-state index contributed by atoms with van der Waals surface area (Å²) in [6.07, 6.45) is 0.869. The molecule has 250 valence electrons. The van der Waals surface area contributed by atoms with Gasteiger partial charge in [-0.1, -0.05) is 94.8 Å². The minimum atomic E-state index is -1.21. The summed E-state index contributed by atoms with van der Waals surface area (Å²) in [5.41, 5.74) is 6.86. The predicted octanol–water partition coefficient (Wildman–Crippen LogP) is 2.81. The molecule has 6 amide bonds. The highest BCUT2D eigenvalue weighted by Gasteiger charge is 2.34. The third-order valence-corrected chi connectivity index (χ3v) is 7.72. The van der Waals surface area contributed by atoms with Crippen LogP contribution in [0.3, 0.4) is 0 Å². The molecule has 0 fully saturated rings. The van der Waals surface area contributed by atoms with Crippen LogP contribution in [-0.2, 0) is 30.4 Å². The number of benzene rings is 3. The molecule has 0 spiro atoms. The number of ketones is 1. The topological polar surface area (TPSA) is 189 Å². The molecule has 0 bridgehead atoms. The maximum atomic E-state index is 13.4. The molecule has 1 unspecified atom stereocenters. The summed E-state index contributed by atoms with van der Waals surface area (Å²) < 4.78 is 0. The van der Waals surface area contributed by atoms with Crippen molar-refractivity contribution in [3.05, 3.63) is 78.4 Å². The molecule has 0 heterocycles. The number of Topliss-reactive ketones (excluding diaryl/α,β-unsaturated/α-hetero) is 1. The average molecular weight is 645 g/mol. The minimum Gasteiger partial charge on any atom is -0.368 e. The Balaban J connectivity index is 1.60. The van der Waals surface area contributed by atoms with Crippen LogP contribution < -0.4 is 32.3 Å². The normalized spacial score (nSPS) is 13.5. The van der Waals surface area contributed by atoms with Crippen molar-refractivity contribution in [2.75, 3.05) is 11.9 Å². The van der Waals surface area contributed by atoms with Crippen molar-refractivity contribution in [1.29, 1.82) is 0 Å². The smallest absolute Gasteiger partial charge is 0.319 e. The van der Waals surface area contributed by atoms with Crippen LogP contribution in [0.4, 0.5) is 10.5 Å². The highest BCUT2D eigenvalue weighted by atomic mass is 16.2. The lowest BCUT2D eigenvalue weighted by molar-refractivity contribution is -0.141. The first kappa shape index (κ1) is 36.2. The van der Waals surface area contributed by atoms with Crippen LogP contribution in [0.2, 0.25) is 0 Å². The number of para-hydroxylation sites is 1. The number of carbonyl (C=O) groups excluding carboxylic acids is 6. The van der Waals surface area contributed by atoms with E-state index in [9.17, 15) is 28.8 Å².